The van der Waals surface area contributed by atoms with E-state index in [9.17, 15) is 9.18 Å². The minimum Gasteiger partial charge on any atom is -0.494 e. The van der Waals surface area contributed by atoms with Crippen LogP contribution in [0.3, 0.4) is 0 Å². The standard InChI is InChI=1S/C12H14FNO5/c1-17-7-4-8-11(19-3-2-18-8)9(10(7)13)6(5-14)12(15)16/h4,6H,2-3,5,14H2,1H3,(H,15,16). The topological polar surface area (TPSA) is 91.0 Å². The van der Waals surface area contributed by atoms with E-state index in [0.29, 0.717) is 6.61 Å². The number of halogens is 1. The summed E-state index contributed by atoms with van der Waals surface area (Å²) in [6.45, 7) is 0.277. The molecule has 1 atom stereocenters. The monoisotopic (exact) mass is 271 g/mol. The van der Waals surface area contributed by atoms with Crippen molar-refractivity contribution in [2.24, 2.45) is 5.73 Å². The van der Waals surface area contributed by atoms with Crippen molar-refractivity contribution in [1.29, 1.82) is 0 Å². The summed E-state index contributed by atoms with van der Waals surface area (Å²) >= 11 is 0. The van der Waals surface area contributed by atoms with Gasteiger partial charge < -0.3 is 25.1 Å². The van der Waals surface area contributed by atoms with E-state index in [-0.39, 0.29) is 36.0 Å². The van der Waals surface area contributed by atoms with Crippen LogP contribution in [-0.2, 0) is 4.79 Å². The van der Waals surface area contributed by atoms with Crippen molar-refractivity contribution in [1.82, 2.24) is 0 Å². The van der Waals surface area contributed by atoms with Gasteiger partial charge in [-0.1, -0.05) is 0 Å². The van der Waals surface area contributed by atoms with Crippen LogP contribution in [0.25, 0.3) is 0 Å². The fourth-order valence-electron chi connectivity index (χ4n) is 1.97. The average Bonchev–Trinajstić information content (AvgIpc) is 2.41. The van der Waals surface area contributed by atoms with Crippen molar-refractivity contribution in [2.75, 3.05) is 26.9 Å². The number of hydrogen-bond donors (Lipinski definition) is 2. The summed E-state index contributed by atoms with van der Waals surface area (Å²) < 4.78 is 29.8. The summed E-state index contributed by atoms with van der Waals surface area (Å²) in [6, 6.07) is 1.34. The molecule has 0 saturated heterocycles. The van der Waals surface area contributed by atoms with Gasteiger partial charge >= 0.3 is 5.97 Å². The number of nitrogens with two attached hydrogens (primary N) is 1. The van der Waals surface area contributed by atoms with Gasteiger partial charge in [0, 0.05) is 12.6 Å². The molecule has 3 N–H and O–H groups in total. The highest BCUT2D eigenvalue weighted by molar-refractivity contribution is 5.79. The minimum absolute atomic E-state index is 0.0856. The Bertz CT molecular complexity index is 505. The first kappa shape index (κ1) is 13.4. The number of aliphatic carboxylic acids is 1. The van der Waals surface area contributed by atoms with Gasteiger partial charge in [0.05, 0.1) is 12.7 Å². The van der Waals surface area contributed by atoms with Crippen LogP contribution >= 0.6 is 0 Å². The second-order valence-corrected chi connectivity index (χ2v) is 3.96. The molecule has 1 aliphatic heterocycles. The second-order valence-electron chi connectivity index (χ2n) is 3.96. The second kappa shape index (κ2) is 5.31. The summed E-state index contributed by atoms with van der Waals surface area (Å²) in [7, 11) is 1.29. The predicted molar refractivity (Wildman–Crippen MR) is 63.4 cm³/mol. The van der Waals surface area contributed by atoms with Crippen LogP contribution in [0.15, 0.2) is 6.07 Å². The fourth-order valence-corrected chi connectivity index (χ4v) is 1.97. The Balaban J connectivity index is 2.64. The maximum atomic E-state index is 14.3. The van der Waals surface area contributed by atoms with E-state index in [1.54, 1.807) is 0 Å². The van der Waals surface area contributed by atoms with Gasteiger partial charge in [-0.3, -0.25) is 4.79 Å². The van der Waals surface area contributed by atoms with Gasteiger partial charge in [0.1, 0.15) is 19.1 Å². The molecule has 0 aromatic heterocycles. The quantitative estimate of drug-likeness (QED) is 0.839. The van der Waals surface area contributed by atoms with Gasteiger partial charge in [0.25, 0.3) is 0 Å². The highest BCUT2D eigenvalue weighted by atomic mass is 19.1. The smallest absolute Gasteiger partial charge is 0.312 e. The lowest BCUT2D eigenvalue weighted by Crippen LogP contribution is -2.25. The van der Waals surface area contributed by atoms with Crippen LogP contribution in [0.1, 0.15) is 11.5 Å². The van der Waals surface area contributed by atoms with E-state index >= 15 is 0 Å². The number of fused-ring (bicyclic) bond motifs is 1. The number of carbonyl (C=O) groups is 1. The Kier molecular flexibility index (Phi) is 3.75. The lowest BCUT2D eigenvalue weighted by Gasteiger charge is -2.24. The molecular weight excluding hydrogens is 257 g/mol. The highest BCUT2D eigenvalue weighted by Gasteiger charge is 2.32. The molecule has 0 aliphatic carbocycles. The lowest BCUT2D eigenvalue weighted by molar-refractivity contribution is -0.138. The van der Waals surface area contributed by atoms with Gasteiger partial charge in [0.15, 0.2) is 23.1 Å². The average molecular weight is 271 g/mol. The van der Waals surface area contributed by atoms with Crippen LogP contribution in [0.5, 0.6) is 17.2 Å². The Labute approximate surface area is 108 Å². The first-order chi connectivity index (χ1) is 9.10. The fraction of sp³-hybridized carbons (Fsp3) is 0.417. The SMILES string of the molecule is COc1cc2c(c(C(CN)C(=O)O)c1F)OCCO2. The molecule has 19 heavy (non-hydrogen) atoms. The zero-order chi connectivity index (χ0) is 14.0. The summed E-state index contributed by atoms with van der Waals surface area (Å²) in [5.74, 6) is -2.98. The molecule has 0 spiro atoms. The first-order valence-electron chi connectivity index (χ1n) is 5.69. The van der Waals surface area contributed by atoms with Crippen LogP contribution < -0.4 is 19.9 Å². The van der Waals surface area contributed by atoms with Crippen LogP contribution in [0, 0.1) is 5.82 Å². The van der Waals surface area contributed by atoms with Gasteiger partial charge in [-0.15, -0.1) is 0 Å². The van der Waals surface area contributed by atoms with Crippen molar-refractivity contribution in [3.63, 3.8) is 0 Å². The third-order valence-electron chi connectivity index (χ3n) is 2.87. The molecule has 0 fully saturated rings. The van der Waals surface area contributed by atoms with Gasteiger partial charge in [-0.25, -0.2) is 4.39 Å². The Morgan fingerprint density at radius 3 is 2.84 bits per heavy atom. The molecule has 7 heteroatoms. The number of methoxy groups -OCH3 is 1. The largest absolute Gasteiger partial charge is 0.494 e. The maximum Gasteiger partial charge on any atom is 0.312 e. The zero-order valence-electron chi connectivity index (χ0n) is 10.3. The third kappa shape index (κ3) is 2.28. The van der Waals surface area contributed by atoms with Gasteiger partial charge in [0.2, 0.25) is 0 Å². The number of hydrogen-bond acceptors (Lipinski definition) is 5. The van der Waals surface area contributed by atoms with E-state index in [0.717, 1.165) is 0 Å². The first-order valence-corrected chi connectivity index (χ1v) is 5.69. The molecule has 1 heterocycles. The molecular formula is C12H14FNO5. The molecule has 1 aromatic rings. The van der Waals surface area contributed by atoms with Gasteiger partial charge in [-0.2, -0.15) is 0 Å². The highest BCUT2D eigenvalue weighted by Crippen LogP contribution is 2.43. The molecule has 0 bridgehead atoms. The Morgan fingerprint density at radius 2 is 2.26 bits per heavy atom. The molecule has 6 nitrogen and oxygen atoms in total. The van der Waals surface area contributed by atoms with Crippen molar-refractivity contribution >= 4 is 5.97 Å². The van der Waals surface area contributed by atoms with E-state index in [1.165, 1.54) is 13.2 Å². The Hall–Kier alpha value is -2.02. The van der Waals surface area contributed by atoms with E-state index < -0.39 is 17.7 Å². The molecule has 0 amide bonds. The summed E-state index contributed by atoms with van der Waals surface area (Å²) in [6.07, 6.45) is 0. The number of benzene rings is 1. The van der Waals surface area contributed by atoms with E-state index in [2.05, 4.69) is 0 Å². The van der Waals surface area contributed by atoms with Crippen LogP contribution in [0.4, 0.5) is 4.39 Å². The summed E-state index contributed by atoms with van der Waals surface area (Å²) in [5.41, 5.74) is 5.28. The van der Waals surface area contributed by atoms with Crippen molar-refractivity contribution in [2.45, 2.75) is 5.92 Å². The molecule has 1 unspecified atom stereocenters. The maximum absolute atomic E-state index is 14.3. The number of carboxylic acids is 1. The predicted octanol–water partition coefficient (Wildman–Crippen LogP) is 0.732. The molecule has 1 aromatic carbocycles. The normalized spacial score (nSPS) is 14.9. The molecule has 0 radical (unpaired) electrons. The van der Waals surface area contributed by atoms with Crippen LogP contribution in [0.2, 0.25) is 0 Å². The molecule has 1 aliphatic rings. The number of carboxylic acid groups (broad SMARTS) is 1. The summed E-state index contributed by atoms with van der Waals surface area (Å²) in [4.78, 5) is 11.2. The number of rotatable bonds is 4. The Morgan fingerprint density at radius 1 is 1.58 bits per heavy atom. The van der Waals surface area contributed by atoms with Gasteiger partial charge in [-0.05, 0) is 0 Å². The van der Waals surface area contributed by atoms with Crippen molar-refractivity contribution in [3.8, 4) is 17.2 Å². The summed E-state index contributed by atoms with van der Waals surface area (Å²) in [5, 5.41) is 9.13. The van der Waals surface area contributed by atoms with Crippen molar-refractivity contribution in [3.05, 3.63) is 17.4 Å². The molecule has 2 rings (SSSR count). The third-order valence-corrected chi connectivity index (χ3v) is 2.87. The van der Waals surface area contributed by atoms with E-state index in [4.69, 9.17) is 25.1 Å². The van der Waals surface area contributed by atoms with Crippen molar-refractivity contribution < 1.29 is 28.5 Å². The number of ether oxygens (including phenoxy) is 3. The lowest BCUT2D eigenvalue weighted by atomic mass is 9.96. The van der Waals surface area contributed by atoms with E-state index in [1.807, 2.05) is 0 Å². The zero-order valence-corrected chi connectivity index (χ0v) is 10.3. The molecule has 104 valence electrons. The van der Waals surface area contributed by atoms with Crippen LogP contribution in [-0.4, -0.2) is 37.9 Å². The minimum atomic E-state index is -1.23. The molecule has 0 saturated carbocycles.